The van der Waals surface area contributed by atoms with Gasteiger partial charge in [0, 0.05) is 29.5 Å². The molecule has 1 atom stereocenters. The van der Waals surface area contributed by atoms with Crippen molar-refractivity contribution in [1.29, 1.82) is 0 Å². The Balaban J connectivity index is 1.43. The van der Waals surface area contributed by atoms with Crippen LogP contribution in [-0.2, 0) is 0 Å². The lowest BCUT2D eigenvalue weighted by Crippen LogP contribution is -2.25. The van der Waals surface area contributed by atoms with Crippen molar-refractivity contribution in [2.24, 2.45) is 0 Å². The van der Waals surface area contributed by atoms with Crippen LogP contribution in [0.1, 0.15) is 47.4 Å². The van der Waals surface area contributed by atoms with E-state index in [4.69, 9.17) is 21.1 Å². The monoisotopic (exact) mass is 473 g/mol. The van der Waals surface area contributed by atoms with E-state index < -0.39 is 0 Å². The zero-order chi connectivity index (χ0) is 23.3. The molecule has 0 spiro atoms. The molecule has 1 saturated heterocycles. The van der Waals surface area contributed by atoms with Gasteiger partial charge in [-0.25, -0.2) is 0 Å². The second kappa shape index (κ2) is 10.7. The van der Waals surface area contributed by atoms with Crippen LogP contribution in [0.15, 0.2) is 72.3 Å². The molecule has 34 heavy (non-hydrogen) atoms. The summed E-state index contributed by atoms with van der Waals surface area (Å²) < 4.78 is 12.2. The van der Waals surface area contributed by atoms with Gasteiger partial charge in [0.15, 0.2) is 0 Å². The van der Waals surface area contributed by atoms with Crippen LogP contribution in [0.5, 0.6) is 11.5 Å². The van der Waals surface area contributed by atoms with E-state index in [9.17, 15) is 0 Å². The molecular formula is C30H32ClNO2. The van der Waals surface area contributed by atoms with Crippen LogP contribution < -0.4 is 9.47 Å². The number of hydrogen-bond acceptors (Lipinski definition) is 3. The largest absolute Gasteiger partial charge is 0.493 e. The minimum absolute atomic E-state index is 0.131. The van der Waals surface area contributed by atoms with Crippen molar-refractivity contribution in [3.8, 4) is 11.5 Å². The second-order valence-electron chi connectivity index (χ2n) is 9.31. The third-order valence-corrected chi connectivity index (χ3v) is 7.06. The lowest BCUT2D eigenvalue weighted by molar-refractivity contribution is 0.238. The van der Waals surface area contributed by atoms with E-state index in [1.165, 1.54) is 48.2 Å². The van der Waals surface area contributed by atoms with Gasteiger partial charge in [-0.3, -0.25) is 4.90 Å². The Kier molecular flexibility index (Phi) is 7.22. The van der Waals surface area contributed by atoms with Crippen molar-refractivity contribution >= 4 is 17.7 Å². The summed E-state index contributed by atoms with van der Waals surface area (Å²) in [6.07, 6.45) is 5.79. The van der Waals surface area contributed by atoms with E-state index in [-0.39, 0.29) is 5.92 Å². The van der Waals surface area contributed by atoms with Gasteiger partial charge in [0.1, 0.15) is 18.1 Å². The fourth-order valence-corrected chi connectivity index (χ4v) is 5.15. The van der Waals surface area contributed by atoms with Gasteiger partial charge in [-0.2, -0.15) is 0 Å². The van der Waals surface area contributed by atoms with Crippen molar-refractivity contribution in [1.82, 2.24) is 4.90 Å². The van der Waals surface area contributed by atoms with Crippen molar-refractivity contribution in [3.63, 3.8) is 0 Å². The summed E-state index contributed by atoms with van der Waals surface area (Å²) in [5.41, 5.74) is 6.21. The maximum Gasteiger partial charge on any atom is 0.123 e. The number of rotatable bonds is 6. The van der Waals surface area contributed by atoms with Crippen LogP contribution in [0.2, 0.25) is 5.02 Å². The summed E-state index contributed by atoms with van der Waals surface area (Å²) in [7, 11) is 0. The third-order valence-electron chi connectivity index (χ3n) is 6.81. The Morgan fingerprint density at radius 3 is 2.53 bits per heavy atom. The first-order valence-electron chi connectivity index (χ1n) is 12.3. The minimum Gasteiger partial charge on any atom is -0.493 e. The van der Waals surface area contributed by atoms with Gasteiger partial charge >= 0.3 is 0 Å². The van der Waals surface area contributed by atoms with E-state index in [0.717, 1.165) is 41.7 Å². The van der Waals surface area contributed by atoms with Crippen molar-refractivity contribution < 1.29 is 9.47 Å². The van der Waals surface area contributed by atoms with Crippen molar-refractivity contribution in [2.45, 2.75) is 32.1 Å². The Morgan fingerprint density at radius 2 is 1.76 bits per heavy atom. The number of hydrogen-bond donors (Lipinski definition) is 0. The van der Waals surface area contributed by atoms with Gasteiger partial charge in [-0.1, -0.05) is 65.2 Å². The average molecular weight is 474 g/mol. The van der Waals surface area contributed by atoms with Crippen LogP contribution in [0.25, 0.3) is 6.08 Å². The molecule has 0 N–H and O–H groups in total. The third kappa shape index (κ3) is 5.48. The predicted molar refractivity (Wildman–Crippen MR) is 140 cm³/mol. The first-order chi connectivity index (χ1) is 16.7. The minimum atomic E-state index is 0.131. The van der Waals surface area contributed by atoms with Crippen LogP contribution >= 0.6 is 11.6 Å². The number of benzene rings is 3. The number of halogens is 1. The summed E-state index contributed by atoms with van der Waals surface area (Å²) in [5.74, 6) is 2.04. The molecule has 5 rings (SSSR count). The zero-order valence-electron chi connectivity index (χ0n) is 19.8. The smallest absolute Gasteiger partial charge is 0.123 e. The van der Waals surface area contributed by atoms with Gasteiger partial charge in [0.2, 0.25) is 0 Å². The molecule has 2 aliphatic rings. The quantitative estimate of drug-likeness (QED) is 0.380. The molecule has 176 valence electrons. The van der Waals surface area contributed by atoms with Crippen LogP contribution in [0.3, 0.4) is 0 Å². The molecule has 0 bridgehead atoms. The van der Waals surface area contributed by atoms with E-state index in [1.807, 2.05) is 12.1 Å². The molecular weight excluding hydrogens is 442 g/mol. The van der Waals surface area contributed by atoms with E-state index in [1.54, 1.807) is 0 Å². The maximum absolute atomic E-state index is 6.18. The molecule has 0 saturated carbocycles. The van der Waals surface area contributed by atoms with Gasteiger partial charge in [0.05, 0.1) is 6.61 Å². The first-order valence-corrected chi connectivity index (χ1v) is 12.7. The standard InChI is InChI=1S/C30H32ClNO2/c1-22-4-13-29-28(20-22)30(25(14-18-34-29)21-23-5-9-26(31)10-6-23)24-7-11-27(12-8-24)33-19-17-32-15-2-3-16-32/h4-13,20-21,30H,2-3,14-19H2,1H3/b25-21+. The molecule has 0 amide bonds. The van der Waals surface area contributed by atoms with E-state index >= 15 is 0 Å². The lowest BCUT2D eigenvalue weighted by atomic mass is 9.82. The van der Waals surface area contributed by atoms with Crippen molar-refractivity contribution in [3.05, 3.63) is 99.6 Å². The summed E-state index contributed by atoms with van der Waals surface area (Å²) in [4.78, 5) is 2.48. The number of ether oxygens (including phenoxy) is 2. The van der Waals surface area contributed by atoms with E-state index in [0.29, 0.717) is 6.61 Å². The van der Waals surface area contributed by atoms with Gasteiger partial charge in [0.25, 0.3) is 0 Å². The van der Waals surface area contributed by atoms with Crippen molar-refractivity contribution in [2.75, 3.05) is 32.8 Å². The summed E-state index contributed by atoms with van der Waals surface area (Å²) in [6.45, 7) is 6.95. The molecule has 4 heteroatoms. The topological polar surface area (TPSA) is 21.7 Å². The number of fused-ring (bicyclic) bond motifs is 1. The molecule has 2 heterocycles. The highest BCUT2D eigenvalue weighted by molar-refractivity contribution is 6.30. The SMILES string of the molecule is Cc1ccc2c(c1)C(c1ccc(OCCN3CCCC3)cc1)/C(=C/c1ccc(Cl)cc1)CCO2. The Bertz CT molecular complexity index is 1130. The van der Waals surface area contributed by atoms with Gasteiger partial charge < -0.3 is 9.47 Å². The number of likely N-dealkylation sites (tertiary alicyclic amines) is 1. The first kappa shape index (κ1) is 23.0. The molecule has 3 aromatic carbocycles. The molecule has 1 unspecified atom stereocenters. The average Bonchev–Trinajstić information content (AvgIpc) is 3.30. The van der Waals surface area contributed by atoms with Crippen LogP contribution in [-0.4, -0.2) is 37.7 Å². The Morgan fingerprint density at radius 1 is 1.00 bits per heavy atom. The Hall–Kier alpha value is -2.75. The fourth-order valence-electron chi connectivity index (χ4n) is 5.03. The molecule has 3 nitrogen and oxygen atoms in total. The molecule has 2 aliphatic heterocycles. The van der Waals surface area contributed by atoms with Gasteiger partial charge in [-0.05, 0) is 74.3 Å². The highest BCUT2D eigenvalue weighted by Crippen LogP contribution is 2.42. The predicted octanol–water partition coefficient (Wildman–Crippen LogP) is 7.12. The Labute approximate surface area is 208 Å². The molecule has 0 aromatic heterocycles. The number of nitrogens with zero attached hydrogens (tertiary/aromatic N) is 1. The highest BCUT2D eigenvalue weighted by atomic mass is 35.5. The molecule has 0 aliphatic carbocycles. The maximum atomic E-state index is 6.18. The summed E-state index contributed by atoms with van der Waals surface area (Å²) in [6, 6.07) is 23.2. The zero-order valence-corrected chi connectivity index (χ0v) is 20.6. The normalized spacial score (nSPS) is 19.5. The highest BCUT2D eigenvalue weighted by Gasteiger charge is 2.26. The molecule has 0 radical (unpaired) electrons. The van der Waals surface area contributed by atoms with E-state index in [2.05, 4.69) is 72.5 Å². The molecule has 1 fully saturated rings. The van der Waals surface area contributed by atoms with Crippen LogP contribution in [0.4, 0.5) is 0 Å². The number of aryl methyl sites for hydroxylation is 1. The van der Waals surface area contributed by atoms with Gasteiger partial charge in [-0.15, -0.1) is 0 Å². The molecule has 3 aromatic rings. The van der Waals surface area contributed by atoms with Crippen LogP contribution in [0, 0.1) is 6.92 Å². The lowest BCUT2D eigenvalue weighted by Gasteiger charge is -2.21. The summed E-state index contributed by atoms with van der Waals surface area (Å²) >= 11 is 6.12. The summed E-state index contributed by atoms with van der Waals surface area (Å²) in [5, 5.41) is 0.754. The fraction of sp³-hybridized carbons (Fsp3) is 0.333. The second-order valence-corrected chi connectivity index (χ2v) is 9.75.